The molecule has 2 aromatic rings. The number of hydrogen-bond acceptors (Lipinski definition) is 8. The average molecular weight is 348 g/mol. The monoisotopic (exact) mass is 348 g/mol. The van der Waals surface area contributed by atoms with Crippen molar-refractivity contribution in [3.8, 4) is 0 Å². The van der Waals surface area contributed by atoms with Gasteiger partial charge in [0.2, 0.25) is 0 Å². The summed E-state index contributed by atoms with van der Waals surface area (Å²) >= 11 is 0. The maximum Gasteiger partial charge on any atom is 0.469 e. The normalized spacial score (nSPS) is 28.5. The number of hydrogen-bond donors (Lipinski definition) is 5. The van der Waals surface area contributed by atoms with Crippen molar-refractivity contribution in [2.24, 2.45) is 0 Å². The molecule has 3 heterocycles. The van der Waals surface area contributed by atoms with Crippen LogP contribution >= 0.6 is 7.82 Å². The van der Waals surface area contributed by atoms with Crippen molar-refractivity contribution in [1.82, 2.24) is 19.7 Å². The summed E-state index contributed by atoms with van der Waals surface area (Å²) in [5.41, 5.74) is -0.308. The Morgan fingerprint density at radius 1 is 1.39 bits per heavy atom. The number of rotatable bonds is 4. The number of aliphatic hydroxyl groups excluding tert-OH is 2. The smallest absolute Gasteiger partial charge is 0.387 e. The highest BCUT2D eigenvalue weighted by Gasteiger charge is 2.45. The first-order valence-electron chi connectivity index (χ1n) is 6.40. The van der Waals surface area contributed by atoms with E-state index in [1.807, 2.05) is 0 Å². The van der Waals surface area contributed by atoms with Crippen LogP contribution in [-0.4, -0.2) is 64.7 Å². The summed E-state index contributed by atoms with van der Waals surface area (Å²) in [5, 5.41) is 24.0. The summed E-state index contributed by atoms with van der Waals surface area (Å²) in [5.74, 6) is 0. The quantitative estimate of drug-likeness (QED) is 0.382. The zero-order chi connectivity index (χ0) is 16.8. The minimum Gasteiger partial charge on any atom is -0.387 e. The van der Waals surface area contributed by atoms with E-state index in [-0.39, 0.29) is 11.0 Å². The van der Waals surface area contributed by atoms with Gasteiger partial charge in [0.1, 0.15) is 23.7 Å². The molecule has 12 nitrogen and oxygen atoms in total. The van der Waals surface area contributed by atoms with Gasteiger partial charge in [0.15, 0.2) is 11.9 Å². The largest absolute Gasteiger partial charge is 0.469 e. The Hall–Kier alpha value is -1.66. The molecule has 1 fully saturated rings. The van der Waals surface area contributed by atoms with Crippen molar-refractivity contribution in [3.05, 3.63) is 22.9 Å². The van der Waals surface area contributed by atoms with E-state index in [2.05, 4.69) is 19.6 Å². The number of phosphoric acid groups is 1. The van der Waals surface area contributed by atoms with Crippen molar-refractivity contribution in [2.75, 3.05) is 6.61 Å². The zero-order valence-electron chi connectivity index (χ0n) is 11.4. The van der Waals surface area contributed by atoms with Crippen LogP contribution in [0.15, 0.2) is 17.3 Å². The lowest BCUT2D eigenvalue weighted by Crippen LogP contribution is -2.33. The van der Waals surface area contributed by atoms with Crippen molar-refractivity contribution >= 4 is 18.9 Å². The van der Waals surface area contributed by atoms with Gasteiger partial charge in [0.05, 0.1) is 19.1 Å². The highest BCUT2D eigenvalue weighted by Crippen LogP contribution is 2.38. The van der Waals surface area contributed by atoms with Gasteiger partial charge in [0, 0.05) is 0 Å². The molecule has 0 spiro atoms. The molecule has 0 amide bonds. The van der Waals surface area contributed by atoms with Crippen molar-refractivity contribution in [3.63, 3.8) is 0 Å². The highest BCUT2D eigenvalue weighted by atomic mass is 31.2. The molecule has 0 saturated carbocycles. The Morgan fingerprint density at radius 2 is 2.13 bits per heavy atom. The zero-order valence-corrected chi connectivity index (χ0v) is 12.3. The van der Waals surface area contributed by atoms with E-state index in [9.17, 15) is 19.6 Å². The average Bonchev–Trinajstić information content (AvgIpc) is 3.01. The summed E-state index contributed by atoms with van der Waals surface area (Å²) in [4.78, 5) is 35.3. The number of H-pyrrole nitrogens is 1. The Kier molecular flexibility index (Phi) is 4.06. The lowest BCUT2D eigenvalue weighted by molar-refractivity contribution is -0.0559. The van der Waals surface area contributed by atoms with Crippen LogP contribution in [-0.2, 0) is 13.8 Å². The topological polar surface area (TPSA) is 180 Å². The summed E-state index contributed by atoms with van der Waals surface area (Å²) in [6, 6.07) is 0. The number of aromatic amines is 1. The van der Waals surface area contributed by atoms with E-state index in [4.69, 9.17) is 14.5 Å². The van der Waals surface area contributed by atoms with Gasteiger partial charge < -0.3 is 29.7 Å². The molecular formula is C10H13N4O8P. The molecule has 23 heavy (non-hydrogen) atoms. The second-order valence-corrected chi connectivity index (χ2v) is 6.13. The SMILES string of the molecule is O=c1[nH]cnc2c1cnn2C1O[C@H](COP(=O)(O)O)[C@@H](O)[C@H]1O. The molecule has 0 radical (unpaired) electrons. The van der Waals surface area contributed by atoms with Gasteiger partial charge in [-0.1, -0.05) is 0 Å². The number of ether oxygens (including phenoxy) is 1. The van der Waals surface area contributed by atoms with Crippen LogP contribution in [0.4, 0.5) is 0 Å². The Labute approximate surface area is 127 Å². The Morgan fingerprint density at radius 3 is 2.83 bits per heavy atom. The molecule has 126 valence electrons. The summed E-state index contributed by atoms with van der Waals surface area (Å²) in [6.07, 6.45) is -2.93. The van der Waals surface area contributed by atoms with E-state index >= 15 is 0 Å². The summed E-state index contributed by atoms with van der Waals surface area (Å²) < 4.78 is 21.4. The molecule has 0 aromatic carbocycles. The number of aromatic nitrogens is 4. The predicted octanol–water partition coefficient (Wildman–Crippen LogP) is -2.15. The first-order chi connectivity index (χ1) is 10.8. The van der Waals surface area contributed by atoms with Gasteiger partial charge in [-0.15, -0.1) is 0 Å². The van der Waals surface area contributed by atoms with E-state index in [0.717, 1.165) is 11.0 Å². The van der Waals surface area contributed by atoms with Crippen molar-refractivity contribution < 1.29 is 33.8 Å². The van der Waals surface area contributed by atoms with Crippen LogP contribution in [0, 0.1) is 0 Å². The van der Waals surface area contributed by atoms with Gasteiger partial charge >= 0.3 is 7.82 Å². The molecule has 0 bridgehead atoms. The molecule has 3 rings (SSSR count). The third kappa shape index (κ3) is 3.05. The fraction of sp³-hybridized carbons (Fsp3) is 0.500. The van der Waals surface area contributed by atoms with E-state index in [1.54, 1.807) is 0 Å². The molecule has 5 N–H and O–H groups in total. The second-order valence-electron chi connectivity index (χ2n) is 4.89. The molecule has 4 atom stereocenters. The number of nitrogens with zero attached hydrogens (tertiary/aromatic N) is 3. The molecular weight excluding hydrogens is 335 g/mol. The molecule has 13 heteroatoms. The van der Waals surface area contributed by atoms with Gasteiger partial charge in [-0.05, 0) is 0 Å². The van der Waals surface area contributed by atoms with Gasteiger partial charge in [-0.2, -0.15) is 5.10 Å². The van der Waals surface area contributed by atoms with Crippen molar-refractivity contribution in [2.45, 2.75) is 24.5 Å². The lowest BCUT2D eigenvalue weighted by atomic mass is 10.1. The van der Waals surface area contributed by atoms with Crippen LogP contribution in [0.25, 0.3) is 11.0 Å². The first kappa shape index (κ1) is 16.2. The minimum atomic E-state index is -4.74. The lowest BCUT2D eigenvalue weighted by Gasteiger charge is -2.15. The van der Waals surface area contributed by atoms with E-state index in [0.29, 0.717) is 0 Å². The maximum absolute atomic E-state index is 11.6. The van der Waals surface area contributed by atoms with E-state index in [1.165, 1.54) is 6.20 Å². The number of phosphoric ester groups is 1. The molecule has 1 unspecified atom stereocenters. The van der Waals surface area contributed by atoms with Gasteiger partial charge in [0.25, 0.3) is 5.56 Å². The Balaban J connectivity index is 1.87. The summed E-state index contributed by atoms with van der Waals surface area (Å²) in [7, 11) is -4.74. The molecule has 1 aliphatic heterocycles. The standard InChI is InChI=1S/C10H13N4O8P/c15-6-5(2-21-23(18,19)20)22-10(7(6)16)14-8-4(1-13-14)9(17)12-3-11-8/h1,3,5-7,10,15-16H,2H2,(H,11,12,17)(H2,18,19,20)/t5-,6-,7-,10?/m1/s1. The van der Waals surface area contributed by atoms with Crippen molar-refractivity contribution in [1.29, 1.82) is 0 Å². The number of nitrogens with one attached hydrogen (secondary N) is 1. The molecule has 1 saturated heterocycles. The predicted molar refractivity (Wildman–Crippen MR) is 72.1 cm³/mol. The van der Waals surface area contributed by atoms with Crippen LogP contribution in [0.3, 0.4) is 0 Å². The van der Waals surface area contributed by atoms with Crippen LogP contribution < -0.4 is 5.56 Å². The third-order valence-corrected chi connectivity index (χ3v) is 3.87. The van der Waals surface area contributed by atoms with Gasteiger partial charge in [-0.3, -0.25) is 9.32 Å². The third-order valence-electron chi connectivity index (χ3n) is 3.38. The first-order valence-corrected chi connectivity index (χ1v) is 7.93. The molecule has 0 aliphatic carbocycles. The van der Waals surface area contributed by atoms with E-state index < -0.39 is 44.5 Å². The van der Waals surface area contributed by atoms with Gasteiger partial charge in [-0.25, -0.2) is 14.2 Å². The number of aliphatic hydroxyl groups is 2. The van der Waals surface area contributed by atoms with Crippen LogP contribution in [0.2, 0.25) is 0 Å². The van der Waals surface area contributed by atoms with Crippen LogP contribution in [0.1, 0.15) is 6.23 Å². The molecule has 2 aromatic heterocycles. The Bertz CT molecular complexity index is 815. The highest BCUT2D eigenvalue weighted by molar-refractivity contribution is 7.46. The van der Waals surface area contributed by atoms with Crippen LogP contribution in [0.5, 0.6) is 0 Å². The fourth-order valence-electron chi connectivity index (χ4n) is 2.30. The second kappa shape index (κ2) is 5.76. The summed E-state index contributed by atoms with van der Waals surface area (Å²) in [6.45, 7) is -0.633. The number of fused-ring (bicyclic) bond motifs is 1. The molecule has 1 aliphatic rings. The minimum absolute atomic E-state index is 0.126. The maximum atomic E-state index is 11.6. The fourth-order valence-corrected chi connectivity index (χ4v) is 2.64.